The fraction of sp³-hybridized carbons (Fsp3) is 0.500. The van der Waals surface area contributed by atoms with Crippen LogP contribution in [-0.2, 0) is 0 Å². The molecule has 3 saturated heterocycles. The largest absolute Gasteiger partial charge is 0.451 e. The van der Waals surface area contributed by atoms with Crippen LogP contribution < -0.4 is 5.32 Å². The molecule has 3 unspecified atom stereocenters. The van der Waals surface area contributed by atoms with E-state index in [2.05, 4.69) is 15.2 Å². The van der Waals surface area contributed by atoms with Crippen LogP contribution in [0, 0.1) is 5.92 Å². The Bertz CT molecular complexity index is 845. The molecule has 2 bridgehead atoms. The van der Waals surface area contributed by atoms with Crippen molar-refractivity contribution in [2.75, 3.05) is 32.7 Å². The normalized spacial score (nSPS) is 27.5. The molecule has 0 spiro atoms. The van der Waals surface area contributed by atoms with Crippen molar-refractivity contribution in [1.82, 2.24) is 20.1 Å². The van der Waals surface area contributed by atoms with E-state index in [1.54, 1.807) is 23.2 Å². The molecule has 0 radical (unpaired) electrons. The molecule has 3 aliphatic rings. The molecule has 0 aromatic carbocycles. The fourth-order valence-electron chi connectivity index (χ4n) is 4.00. The maximum atomic E-state index is 12.5. The SMILES string of the molecule is O=C(NC1CC2CCN(C2)C1)c1cc2oc(C(=O)N3CC3)cc2cn1. The van der Waals surface area contributed by atoms with E-state index in [9.17, 15) is 9.59 Å². The topological polar surface area (TPSA) is 78.5 Å². The number of carbonyl (C=O) groups excluding carboxylic acids is 2. The summed E-state index contributed by atoms with van der Waals surface area (Å²) in [5.74, 6) is 0.729. The lowest BCUT2D eigenvalue weighted by Crippen LogP contribution is -2.47. The molecule has 3 atom stereocenters. The molecule has 5 heterocycles. The van der Waals surface area contributed by atoms with Crippen LogP contribution in [0.25, 0.3) is 11.0 Å². The zero-order chi connectivity index (χ0) is 17.0. The van der Waals surface area contributed by atoms with Crippen LogP contribution in [0.15, 0.2) is 22.7 Å². The number of carbonyl (C=O) groups is 2. The van der Waals surface area contributed by atoms with Gasteiger partial charge in [-0.2, -0.15) is 0 Å². The number of hydrogen-bond acceptors (Lipinski definition) is 5. The van der Waals surface area contributed by atoms with E-state index >= 15 is 0 Å². The Balaban J connectivity index is 1.33. The first-order valence-corrected chi connectivity index (χ1v) is 8.88. The van der Waals surface area contributed by atoms with Crippen LogP contribution >= 0.6 is 0 Å². The van der Waals surface area contributed by atoms with Gasteiger partial charge in [0.1, 0.15) is 11.3 Å². The van der Waals surface area contributed by atoms with E-state index < -0.39 is 0 Å². The van der Waals surface area contributed by atoms with Gasteiger partial charge in [0.05, 0.1) is 0 Å². The summed E-state index contributed by atoms with van der Waals surface area (Å²) in [4.78, 5) is 33.0. The second-order valence-corrected chi connectivity index (χ2v) is 7.33. The van der Waals surface area contributed by atoms with Crippen molar-refractivity contribution in [3.63, 3.8) is 0 Å². The van der Waals surface area contributed by atoms with Crippen LogP contribution in [0.1, 0.15) is 33.9 Å². The number of furan rings is 1. The summed E-state index contributed by atoms with van der Waals surface area (Å²) < 4.78 is 5.64. The van der Waals surface area contributed by atoms with Gasteiger partial charge < -0.3 is 19.5 Å². The number of nitrogens with zero attached hydrogens (tertiary/aromatic N) is 3. The molecule has 1 N–H and O–H groups in total. The van der Waals surface area contributed by atoms with Crippen molar-refractivity contribution in [3.05, 3.63) is 29.8 Å². The number of nitrogens with one attached hydrogen (secondary N) is 1. The first kappa shape index (κ1) is 14.9. The van der Waals surface area contributed by atoms with Crippen LogP contribution in [0.4, 0.5) is 0 Å². The molecule has 25 heavy (non-hydrogen) atoms. The van der Waals surface area contributed by atoms with Crippen molar-refractivity contribution in [2.24, 2.45) is 5.92 Å². The van der Waals surface area contributed by atoms with E-state index in [4.69, 9.17) is 4.42 Å². The van der Waals surface area contributed by atoms with Crippen LogP contribution in [0.3, 0.4) is 0 Å². The predicted octanol–water partition coefficient (Wildman–Crippen LogP) is 1.11. The number of fused-ring (bicyclic) bond motifs is 3. The number of amides is 2. The third kappa shape index (κ3) is 2.78. The van der Waals surface area contributed by atoms with Crippen molar-refractivity contribution >= 4 is 22.8 Å². The molecular weight excluding hydrogens is 320 g/mol. The van der Waals surface area contributed by atoms with E-state index in [1.807, 2.05) is 0 Å². The van der Waals surface area contributed by atoms with Gasteiger partial charge in [0.25, 0.3) is 11.8 Å². The number of rotatable bonds is 3. The van der Waals surface area contributed by atoms with E-state index in [0.29, 0.717) is 23.0 Å². The Labute approximate surface area is 145 Å². The zero-order valence-corrected chi connectivity index (χ0v) is 13.9. The average molecular weight is 340 g/mol. The lowest BCUT2D eigenvalue weighted by molar-refractivity contribution is 0.0857. The Morgan fingerprint density at radius 3 is 2.88 bits per heavy atom. The molecule has 7 nitrogen and oxygen atoms in total. The fourth-order valence-corrected chi connectivity index (χ4v) is 4.00. The summed E-state index contributed by atoms with van der Waals surface area (Å²) in [5.41, 5.74) is 0.860. The minimum Gasteiger partial charge on any atom is -0.451 e. The summed E-state index contributed by atoms with van der Waals surface area (Å²) in [6, 6.07) is 3.50. The summed E-state index contributed by atoms with van der Waals surface area (Å²) >= 11 is 0. The van der Waals surface area contributed by atoms with Gasteiger partial charge in [-0.3, -0.25) is 14.6 Å². The van der Waals surface area contributed by atoms with Crippen LogP contribution in [0.5, 0.6) is 0 Å². The Kier molecular flexibility index (Phi) is 3.31. The maximum absolute atomic E-state index is 12.5. The molecule has 7 heteroatoms. The molecular formula is C18H20N4O3. The van der Waals surface area contributed by atoms with Gasteiger partial charge in [0, 0.05) is 49.9 Å². The van der Waals surface area contributed by atoms with E-state index in [1.165, 1.54) is 6.42 Å². The summed E-state index contributed by atoms with van der Waals surface area (Å²) in [5, 5.41) is 3.84. The molecule has 3 aliphatic heterocycles. The molecule has 0 saturated carbocycles. The minimum atomic E-state index is -0.176. The van der Waals surface area contributed by atoms with Crippen LogP contribution in [0.2, 0.25) is 0 Å². The van der Waals surface area contributed by atoms with Gasteiger partial charge in [-0.15, -0.1) is 0 Å². The number of piperidine rings is 1. The molecule has 0 aliphatic carbocycles. The van der Waals surface area contributed by atoms with Gasteiger partial charge >= 0.3 is 0 Å². The highest BCUT2D eigenvalue weighted by atomic mass is 16.3. The molecule has 130 valence electrons. The highest BCUT2D eigenvalue weighted by Crippen LogP contribution is 2.27. The number of aromatic nitrogens is 1. The molecule has 2 aromatic rings. The van der Waals surface area contributed by atoms with E-state index in [-0.39, 0.29) is 17.9 Å². The van der Waals surface area contributed by atoms with Crippen molar-refractivity contribution < 1.29 is 14.0 Å². The highest BCUT2D eigenvalue weighted by molar-refractivity contribution is 5.99. The van der Waals surface area contributed by atoms with Gasteiger partial charge in [0.2, 0.25) is 0 Å². The second-order valence-electron chi connectivity index (χ2n) is 7.33. The lowest BCUT2D eigenvalue weighted by atomic mass is 9.97. The first-order valence-electron chi connectivity index (χ1n) is 8.88. The molecule has 2 aromatic heterocycles. The lowest BCUT2D eigenvalue weighted by Gasteiger charge is -2.30. The number of hydrogen-bond donors (Lipinski definition) is 1. The summed E-state index contributed by atoms with van der Waals surface area (Å²) in [6.07, 6.45) is 3.87. The van der Waals surface area contributed by atoms with Gasteiger partial charge in [-0.1, -0.05) is 0 Å². The third-order valence-electron chi connectivity index (χ3n) is 5.38. The van der Waals surface area contributed by atoms with Crippen molar-refractivity contribution in [2.45, 2.75) is 18.9 Å². The van der Waals surface area contributed by atoms with E-state index in [0.717, 1.165) is 44.5 Å². The van der Waals surface area contributed by atoms with Crippen molar-refractivity contribution in [1.29, 1.82) is 0 Å². The number of pyridine rings is 1. The highest BCUT2D eigenvalue weighted by Gasteiger charge is 2.33. The molecule has 2 amide bonds. The third-order valence-corrected chi connectivity index (χ3v) is 5.38. The van der Waals surface area contributed by atoms with Gasteiger partial charge in [-0.25, -0.2) is 0 Å². The maximum Gasteiger partial charge on any atom is 0.289 e. The van der Waals surface area contributed by atoms with Crippen LogP contribution in [-0.4, -0.2) is 65.4 Å². The smallest absolute Gasteiger partial charge is 0.289 e. The zero-order valence-electron chi connectivity index (χ0n) is 13.9. The minimum absolute atomic E-state index is 0.103. The monoisotopic (exact) mass is 340 g/mol. The molecule has 5 rings (SSSR count). The Hall–Kier alpha value is -2.41. The Morgan fingerprint density at radius 1 is 1.20 bits per heavy atom. The first-order chi connectivity index (χ1) is 12.2. The van der Waals surface area contributed by atoms with Gasteiger partial charge in [0.15, 0.2) is 5.76 Å². The second kappa shape index (κ2) is 5.56. The average Bonchev–Trinajstić information content (AvgIpc) is 3.28. The van der Waals surface area contributed by atoms with Gasteiger partial charge in [-0.05, 0) is 31.4 Å². The predicted molar refractivity (Wildman–Crippen MR) is 90.3 cm³/mol. The summed E-state index contributed by atoms with van der Waals surface area (Å²) in [6.45, 7) is 4.78. The molecule has 3 fully saturated rings. The Morgan fingerprint density at radius 2 is 2.08 bits per heavy atom. The quantitative estimate of drug-likeness (QED) is 0.847. The van der Waals surface area contributed by atoms with Crippen molar-refractivity contribution in [3.8, 4) is 0 Å². The standard InChI is InChI=1S/C18H20N4O3/c23-17(20-13-5-11-1-2-21(9-11)10-13)14-7-15-12(8-19-14)6-16(25-15)18(24)22-3-4-22/h6-8,11,13H,1-5,9-10H2,(H,20,23). The summed E-state index contributed by atoms with van der Waals surface area (Å²) in [7, 11) is 0.